The van der Waals surface area contributed by atoms with E-state index in [2.05, 4.69) is 4.98 Å². The molecule has 0 aliphatic rings. The van der Waals surface area contributed by atoms with E-state index >= 15 is 0 Å². The van der Waals surface area contributed by atoms with Gasteiger partial charge in [0.15, 0.2) is 11.2 Å². The van der Waals surface area contributed by atoms with Crippen LogP contribution < -0.4 is 5.43 Å². The topological polar surface area (TPSA) is 73.7 Å². The van der Waals surface area contributed by atoms with Gasteiger partial charge in [0.1, 0.15) is 6.07 Å². The molecule has 0 bridgehead atoms. The summed E-state index contributed by atoms with van der Waals surface area (Å²) in [6.45, 7) is 1.89. The standard InChI is InChI=1S/C14H12N2O2/c1-2-4-12(17)11-8-16-13-9(7-15)5-3-6-10(13)14(11)18/h3,5-6,8H,2,4H2,1H3,(H,16,18). The number of nitrogens with zero attached hydrogens (tertiary/aromatic N) is 1. The first kappa shape index (κ1) is 12.1. The van der Waals surface area contributed by atoms with Gasteiger partial charge in [-0.2, -0.15) is 5.26 Å². The lowest BCUT2D eigenvalue weighted by atomic mass is 10.0. The fourth-order valence-corrected chi connectivity index (χ4v) is 1.91. The Morgan fingerprint density at radius 2 is 2.22 bits per heavy atom. The summed E-state index contributed by atoms with van der Waals surface area (Å²) in [6, 6.07) is 6.91. The minimum Gasteiger partial charge on any atom is -0.359 e. The number of nitriles is 1. The molecule has 0 aliphatic heterocycles. The zero-order valence-corrected chi connectivity index (χ0v) is 9.99. The molecule has 0 saturated carbocycles. The fourth-order valence-electron chi connectivity index (χ4n) is 1.91. The van der Waals surface area contributed by atoms with Gasteiger partial charge in [-0.05, 0) is 18.6 Å². The average Bonchev–Trinajstić information content (AvgIpc) is 2.39. The second-order valence-corrected chi connectivity index (χ2v) is 4.04. The molecule has 2 aromatic rings. The summed E-state index contributed by atoms with van der Waals surface area (Å²) in [6.07, 6.45) is 2.46. The molecule has 0 spiro atoms. The first-order chi connectivity index (χ1) is 8.69. The summed E-state index contributed by atoms with van der Waals surface area (Å²) in [7, 11) is 0. The molecule has 0 saturated heterocycles. The van der Waals surface area contributed by atoms with E-state index in [0.29, 0.717) is 29.3 Å². The number of carbonyl (C=O) groups is 1. The van der Waals surface area contributed by atoms with Crippen LogP contribution in [0.1, 0.15) is 35.7 Å². The number of fused-ring (bicyclic) bond motifs is 1. The molecule has 2 rings (SSSR count). The molecule has 0 aliphatic carbocycles. The molecule has 90 valence electrons. The van der Waals surface area contributed by atoms with Gasteiger partial charge < -0.3 is 4.98 Å². The van der Waals surface area contributed by atoms with E-state index in [4.69, 9.17) is 5.26 Å². The average molecular weight is 240 g/mol. The van der Waals surface area contributed by atoms with Crippen LogP contribution in [0.15, 0.2) is 29.2 Å². The smallest absolute Gasteiger partial charge is 0.200 e. The fraction of sp³-hybridized carbons (Fsp3) is 0.214. The number of aromatic nitrogens is 1. The third-order valence-electron chi connectivity index (χ3n) is 2.81. The predicted octanol–water partition coefficient (Wildman–Crippen LogP) is 2.38. The molecule has 0 unspecified atom stereocenters. The first-order valence-electron chi connectivity index (χ1n) is 5.76. The number of H-pyrrole nitrogens is 1. The summed E-state index contributed by atoms with van der Waals surface area (Å²) >= 11 is 0. The van der Waals surface area contributed by atoms with Crippen molar-refractivity contribution in [3.05, 3.63) is 45.7 Å². The third kappa shape index (κ3) is 1.91. The van der Waals surface area contributed by atoms with Crippen LogP contribution in [0.25, 0.3) is 10.9 Å². The number of pyridine rings is 1. The number of hydrogen-bond acceptors (Lipinski definition) is 3. The van der Waals surface area contributed by atoms with Gasteiger partial charge >= 0.3 is 0 Å². The van der Waals surface area contributed by atoms with Gasteiger partial charge in [-0.15, -0.1) is 0 Å². The maximum atomic E-state index is 12.2. The van der Waals surface area contributed by atoms with E-state index in [1.807, 2.05) is 13.0 Å². The van der Waals surface area contributed by atoms with Crippen molar-refractivity contribution in [2.45, 2.75) is 19.8 Å². The van der Waals surface area contributed by atoms with E-state index in [9.17, 15) is 9.59 Å². The molecule has 0 fully saturated rings. The SMILES string of the molecule is CCCC(=O)c1c[nH]c2c(C#N)cccc2c1=O. The number of hydrogen-bond donors (Lipinski definition) is 1. The molecular weight excluding hydrogens is 228 g/mol. The van der Waals surface area contributed by atoms with Crippen LogP contribution in [0.4, 0.5) is 0 Å². The van der Waals surface area contributed by atoms with Gasteiger partial charge in [-0.1, -0.05) is 13.0 Å². The van der Waals surface area contributed by atoms with Gasteiger partial charge in [-0.25, -0.2) is 0 Å². The quantitative estimate of drug-likeness (QED) is 0.837. The minimum atomic E-state index is -0.306. The second kappa shape index (κ2) is 4.84. The molecule has 4 nitrogen and oxygen atoms in total. The summed E-state index contributed by atoms with van der Waals surface area (Å²) in [5.41, 5.74) is 0.746. The summed E-state index contributed by atoms with van der Waals surface area (Å²) < 4.78 is 0. The van der Waals surface area contributed by atoms with Crippen LogP contribution in [-0.4, -0.2) is 10.8 Å². The number of ketones is 1. The predicted molar refractivity (Wildman–Crippen MR) is 68.5 cm³/mol. The normalized spacial score (nSPS) is 10.2. The van der Waals surface area contributed by atoms with Gasteiger partial charge in [0, 0.05) is 18.0 Å². The largest absolute Gasteiger partial charge is 0.359 e. The number of nitrogens with one attached hydrogen (secondary N) is 1. The Kier molecular flexibility index (Phi) is 3.24. The summed E-state index contributed by atoms with van der Waals surface area (Å²) in [5, 5.41) is 9.34. The van der Waals surface area contributed by atoms with Crippen molar-refractivity contribution in [2.24, 2.45) is 0 Å². The van der Waals surface area contributed by atoms with Crippen molar-refractivity contribution in [1.29, 1.82) is 5.26 Å². The maximum absolute atomic E-state index is 12.2. The Balaban J connectivity index is 2.70. The van der Waals surface area contributed by atoms with Crippen molar-refractivity contribution < 1.29 is 4.79 Å². The van der Waals surface area contributed by atoms with Crippen molar-refractivity contribution in [3.8, 4) is 6.07 Å². The van der Waals surface area contributed by atoms with E-state index in [1.165, 1.54) is 6.20 Å². The van der Waals surface area contributed by atoms with E-state index in [1.54, 1.807) is 18.2 Å². The molecule has 1 heterocycles. The minimum absolute atomic E-state index is 0.164. The molecule has 1 aromatic carbocycles. The number of rotatable bonds is 3. The van der Waals surface area contributed by atoms with Crippen molar-refractivity contribution in [1.82, 2.24) is 4.98 Å². The first-order valence-corrected chi connectivity index (χ1v) is 5.76. The third-order valence-corrected chi connectivity index (χ3v) is 2.81. The van der Waals surface area contributed by atoms with Gasteiger partial charge in [0.25, 0.3) is 0 Å². The Morgan fingerprint density at radius 1 is 1.44 bits per heavy atom. The van der Waals surface area contributed by atoms with Crippen LogP contribution in [-0.2, 0) is 0 Å². The summed E-state index contributed by atoms with van der Waals surface area (Å²) in [5.74, 6) is -0.164. The van der Waals surface area contributed by atoms with Crippen molar-refractivity contribution in [2.75, 3.05) is 0 Å². The van der Waals surface area contributed by atoms with Gasteiger partial charge in [0.2, 0.25) is 0 Å². The highest BCUT2D eigenvalue weighted by Gasteiger charge is 2.13. The Labute approximate surface area is 104 Å². The summed E-state index contributed by atoms with van der Waals surface area (Å²) in [4.78, 5) is 26.8. The molecule has 0 radical (unpaired) electrons. The zero-order valence-electron chi connectivity index (χ0n) is 9.99. The molecule has 0 atom stereocenters. The lowest BCUT2D eigenvalue weighted by molar-refractivity contribution is 0.0980. The molecule has 1 N–H and O–H groups in total. The zero-order chi connectivity index (χ0) is 13.1. The lowest BCUT2D eigenvalue weighted by Gasteiger charge is -2.03. The Bertz CT molecular complexity index is 708. The number of aromatic amines is 1. The number of para-hydroxylation sites is 1. The van der Waals surface area contributed by atoms with Crippen LogP contribution in [0.5, 0.6) is 0 Å². The number of Topliss-reactive ketones (excluding diaryl/α,β-unsaturated/α-hetero) is 1. The van der Waals surface area contributed by atoms with Gasteiger partial charge in [0.05, 0.1) is 16.6 Å². The molecule has 1 aromatic heterocycles. The van der Waals surface area contributed by atoms with Crippen molar-refractivity contribution >= 4 is 16.7 Å². The maximum Gasteiger partial charge on any atom is 0.200 e. The highest BCUT2D eigenvalue weighted by atomic mass is 16.1. The number of carbonyl (C=O) groups excluding carboxylic acids is 1. The molecule has 18 heavy (non-hydrogen) atoms. The Morgan fingerprint density at radius 3 is 2.89 bits per heavy atom. The van der Waals surface area contributed by atoms with Crippen molar-refractivity contribution in [3.63, 3.8) is 0 Å². The highest BCUT2D eigenvalue weighted by molar-refractivity contribution is 5.99. The van der Waals surface area contributed by atoms with E-state index in [0.717, 1.165) is 0 Å². The van der Waals surface area contributed by atoms with E-state index in [-0.39, 0.29) is 16.8 Å². The van der Waals surface area contributed by atoms with Crippen LogP contribution in [0.3, 0.4) is 0 Å². The second-order valence-electron chi connectivity index (χ2n) is 4.04. The van der Waals surface area contributed by atoms with Crippen LogP contribution in [0.2, 0.25) is 0 Å². The molecule has 0 amide bonds. The van der Waals surface area contributed by atoms with Crippen LogP contribution in [0, 0.1) is 11.3 Å². The molecule has 4 heteroatoms. The molecular formula is C14H12N2O2. The van der Waals surface area contributed by atoms with Crippen LogP contribution >= 0.6 is 0 Å². The van der Waals surface area contributed by atoms with Gasteiger partial charge in [-0.3, -0.25) is 9.59 Å². The monoisotopic (exact) mass is 240 g/mol. The number of benzene rings is 1. The van der Waals surface area contributed by atoms with E-state index < -0.39 is 0 Å². The lowest BCUT2D eigenvalue weighted by Crippen LogP contribution is -2.16. The Hall–Kier alpha value is -2.41. The highest BCUT2D eigenvalue weighted by Crippen LogP contribution is 2.13.